The van der Waals surface area contributed by atoms with E-state index in [0.29, 0.717) is 41.3 Å². The van der Waals surface area contributed by atoms with Crippen LogP contribution in [0, 0.1) is 56.7 Å². The first-order chi connectivity index (χ1) is 21.7. The monoisotopic (exact) mass is 625 g/mol. The SMILES string of the molecule is C[C@H]1[C@H]2C3=CC[C@@H]4[C@@]5(C)C/C(=C/c6ccncc6)C(=O)C(C)(C)[C@@H]5CC[C@@]4(C)[C@]3(C)CC[C@@]2(C(=O)N2CCN(C)CC2)CC[C@@H]1C. The Morgan fingerprint density at radius 1 is 0.913 bits per heavy atom. The Balaban J connectivity index is 1.29. The number of carbonyl (C=O) groups excluding carboxylic acids is 2. The Morgan fingerprint density at radius 3 is 2.30 bits per heavy atom. The number of pyridine rings is 1. The second-order valence-electron chi connectivity index (χ2n) is 18.1. The number of aromatic nitrogens is 1. The summed E-state index contributed by atoms with van der Waals surface area (Å²) >= 11 is 0. The average Bonchev–Trinajstić information content (AvgIpc) is 3.02. The Kier molecular flexibility index (Phi) is 7.63. The zero-order valence-corrected chi connectivity index (χ0v) is 30.0. The predicted octanol–water partition coefficient (Wildman–Crippen LogP) is 8.08. The Morgan fingerprint density at radius 2 is 1.61 bits per heavy atom. The van der Waals surface area contributed by atoms with Gasteiger partial charge in [-0.2, -0.15) is 0 Å². The van der Waals surface area contributed by atoms with Gasteiger partial charge in [-0.3, -0.25) is 14.6 Å². The number of rotatable bonds is 2. The highest BCUT2D eigenvalue weighted by atomic mass is 16.2. The number of piperazine rings is 1. The number of Topliss-reactive ketones (excluding diaryl/α,β-unsaturated/α-hetero) is 1. The number of hydrogen-bond acceptors (Lipinski definition) is 4. The molecule has 0 spiro atoms. The van der Waals surface area contributed by atoms with Crippen LogP contribution in [-0.4, -0.2) is 59.7 Å². The van der Waals surface area contributed by atoms with Gasteiger partial charge in [-0.15, -0.1) is 0 Å². The maximum atomic E-state index is 14.8. The fourth-order valence-electron chi connectivity index (χ4n) is 12.8. The molecule has 1 aromatic heterocycles. The smallest absolute Gasteiger partial charge is 0.229 e. The standard InChI is InChI=1S/C41H59N3O2/c1-27-11-16-41(36(46)44-23-21-43(8)22-24-44)18-17-39(6)31(34(41)28(27)2)9-10-33-38(5)26-30(25-29-13-19-42-20-14-29)35(45)37(3,4)32(38)12-15-40(33,39)7/h9,13-14,19-20,25,27-28,32-34H,10-12,15-18,21-24,26H2,1-8H3/b30-25-/t27-,28+,32-,33+,34-,38-,39+,40+,41-/m0/s1. The Bertz CT molecular complexity index is 1450. The first-order valence-corrected chi connectivity index (χ1v) is 18.5. The van der Waals surface area contributed by atoms with Gasteiger partial charge in [-0.1, -0.05) is 60.1 Å². The van der Waals surface area contributed by atoms with E-state index in [1.165, 1.54) is 6.42 Å². The highest BCUT2D eigenvalue weighted by Gasteiger charge is 2.70. The molecule has 1 aromatic rings. The summed E-state index contributed by atoms with van der Waals surface area (Å²) in [6.45, 7) is 20.9. The van der Waals surface area contributed by atoms with Crippen LogP contribution in [0.25, 0.3) is 6.08 Å². The van der Waals surface area contributed by atoms with Gasteiger partial charge >= 0.3 is 0 Å². The third-order valence-corrected chi connectivity index (χ3v) is 15.8. The molecule has 0 N–H and O–H groups in total. The molecule has 5 aliphatic carbocycles. The lowest BCUT2D eigenvalue weighted by Crippen LogP contribution is -2.66. The van der Waals surface area contributed by atoms with Gasteiger partial charge in [0.25, 0.3) is 0 Å². The molecule has 5 nitrogen and oxygen atoms in total. The fourth-order valence-corrected chi connectivity index (χ4v) is 12.8. The summed E-state index contributed by atoms with van der Waals surface area (Å²) in [4.78, 5) is 37.7. The molecule has 0 bridgehead atoms. The molecule has 7 rings (SSSR count). The molecular formula is C41H59N3O2. The summed E-state index contributed by atoms with van der Waals surface area (Å²) in [5.74, 6) is 3.14. The zero-order valence-electron chi connectivity index (χ0n) is 30.0. The van der Waals surface area contributed by atoms with E-state index in [4.69, 9.17) is 0 Å². The van der Waals surface area contributed by atoms with Gasteiger partial charge in [0.05, 0.1) is 5.41 Å². The molecule has 6 aliphatic rings. The quantitative estimate of drug-likeness (QED) is 0.246. The summed E-state index contributed by atoms with van der Waals surface area (Å²) in [6, 6.07) is 4.04. The summed E-state index contributed by atoms with van der Waals surface area (Å²) in [6.07, 6.45) is 17.0. The Hall–Kier alpha value is -2.27. The van der Waals surface area contributed by atoms with Crippen molar-refractivity contribution in [3.63, 3.8) is 0 Å². The first-order valence-electron chi connectivity index (χ1n) is 18.5. The first kappa shape index (κ1) is 32.3. The molecule has 1 saturated heterocycles. The molecule has 0 aromatic carbocycles. The normalized spacial score (nSPS) is 44.8. The molecule has 5 fully saturated rings. The number of likely N-dealkylation sites (N-methyl/N-ethyl adjacent to an activating group) is 1. The van der Waals surface area contributed by atoms with E-state index in [2.05, 4.69) is 82.4 Å². The van der Waals surface area contributed by atoms with Gasteiger partial charge in [0.15, 0.2) is 5.78 Å². The van der Waals surface area contributed by atoms with Crippen LogP contribution in [0.2, 0.25) is 0 Å². The molecule has 0 unspecified atom stereocenters. The summed E-state index contributed by atoms with van der Waals surface area (Å²) in [7, 11) is 2.18. The van der Waals surface area contributed by atoms with Crippen LogP contribution in [0.4, 0.5) is 0 Å². The van der Waals surface area contributed by atoms with Gasteiger partial charge in [0.2, 0.25) is 5.91 Å². The molecular weight excluding hydrogens is 566 g/mol. The van der Waals surface area contributed by atoms with Crippen LogP contribution >= 0.6 is 0 Å². The third kappa shape index (κ3) is 4.38. The molecule has 4 saturated carbocycles. The van der Waals surface area contributed by atoms with Gasteiger partial charge in [0, 0.05) is 44.0 Å². The van der Waals surface area contributed by atoms with Crippen molar-refractivity contribution in [1.82, 2.24) is 14.8 Å². The number of allylic oxidation sites excluding steroid dienone is 3. The van der Waals surface area contributed by atoms with E-state index in [1.807, 2.05) is 24.5 Å². The van der Waals surface area contributed by atoms with Crippen LogP contribution in [-0.2, 0) is 9.59 Å². The van der Waals surface area contributed by atoms with E-state index >= 15 is 0 Å². The fraction of sp³-hybridized carbons (Fsp3) is 0.732. The van der Waals surface area contributed by atoms with Crippen molar-refractivity contribution in [2.45, 2.75) is 99.8 Å². The van der Waals surface area contributed by atoms with Crippen LogP contribution < -0.4 is 0 Å². The van der Waals surface area contributed by atoms with Crippen molar-refractivity contribution in [2.24, 2.45) is 56.7 Å². The van der Waals surface area contributed by atoms with Crippen LogP contribution in [0.15, 0.2) is 41.7 Å². The van der Waals surface area contributed by atoms with E-state index in [1.54, 1.807) is 5.57 Å². The van der Waals surface area contributed by atoms with Crippen molar-refractivity contribution >= 4 is 17.8 Å². The van der Waals surface area contributed by atoms with Gasteiger partial charge in [-0.05, 0) is 134 Å². The van der Waals surface area contributed by atoms with Crippen molar-refractivity contribution < 1.29 is 9.59 Å². The molecule has 9 atom stereocenters. The van der Waals surface area contributed by atoms with Gasteiger partial charge < -0.3 is 9.80 Å². The summed E-state index contributed by atoms with van der Waals surface area (Å²) < 4.78 is 0. The van der Waals surface area contributed by atoms with Gasteiger partial charge in [-0.25, -0.2) is 0 Å². The number of hydrogen-bond donors (Lipinski definition) is 0. The van der Waals surface area contributed by atoms with Crippen molar-refractivity contribution in [3.05, 3.63) is 47.3 Å². The topological polar surface area (TPSA) is 53.5 Å². The summed E-state index contributed by atoms with van der Waals surface area (Å²) in [5.41, 5.74) is 3.29. The van der Waals surface area contributed by atoms with E-state index < -0.39 is 0 Å². The van der Waals surface area contributed by atoms with E-state index in [-0.39, 0.29) is 27.1 Å². The van der Waals surface area contributed by atoms with Crippen LogP contribution in [0.5, 0.6) is 0 Å². The largest absolute Gasteiger partial charge is 0.340 e. The molecule has 46 heavy (non-hydrogen) atoms. The maximum absolute atomic E-state index is 14.8. The second-order valence-corrected chi connectivity index (χ2v) is 18.1. The molecule has 0 radical (unpaired) electrons. The molecule has 250 valence electrons. The van der Waals surface area contributed by atoms with Crippen LogP contribution in [0.3, 0.4) is 0 Å². The lowest BCUT2D eigenvalue weighted by atomic mass is 9.33. The lowest BCUT2D eigenvalue weighted by molar-refractivity contribution is -0.184. The predicted molar refractivity (Wildman–Crippen MR) is 186 cm³/mol. The molecule has 2 heterocycles. The van der Waals surface area contributed by atoms with E-state index in [0.717, 1.165) is 82.3 Å². The molecule has 1 amide bonds. The number of fused-ring (bicyclic) bond motifs is 7. The minimum atomic E-state index is -0.387. The maximum Gasteiger partial charge on any atom is 0.229 e. The van der Waals surface area contributed by atoms with Gasteiger partial charge in [0.1, 0.15) is 0 Å². The highest BCUT2D eigenvalue weighted by Crippen LogP contribution is 2.76. The highest BCUT2D eigenvalue weighted by molar-refractivity contribution is 6.04. The minimum Gasteiger partial charge on any atom is -0.340 e. The van der Waals surface area contributed by atoms with Crippen LogP contribution in [0.1, 0.15) is 105 Å². The number of nitrogens with zero attached hydrogens (tertiary/aromatic N) is 3. The van der Waals surface area contributed by atoms with Crippen molar-refractivity contribution in [1.29, 1.82) is 0 Å². The third-order valence-electron chi connectivity index (χ3n) is 15.8. The number of ketones is 1. The number of carbonyl (C=O) groups is 2. The lowest BCUT2D eigenvalue weighted by Gasteiger charge is -2.71. The molecule has 5 heteroatoms. The van der Waals surface area contributed by atoms with Crippen molar-refractivity contribution in [2.75, 3.05) is 33.2 Å². The average molecular weight is 626 g/mol. The number of amides is 1. The minimum absolute atomic E-state index is 0.0317. The van der Waals surface area contributed by atoms with Crippen molar-refractivity contribution in [3.8, 4) is 0 Å². The Labute approximate surface area is 278 Å². The molecule has 1 aliphatic heterocycles. The second kappa shape index (κ2) is 10.9. The zero-order chi connectivity index (χ0) is 32.9. The summed E-state index contributed by atoms with van der Waals surface area (Å²) in [5, 5.41) is 0. The van der Waals surface area contributed by atoms with E-state index in [9.17, 15) is 9.59 Å².